The molecule has 2 heterocycles. The molecule has 124 valence electrons. The Morgan fingerprint density at radius 1 is 1.29 bits per heavy atom. The summed E-state index contributed by atoms with van der Waals surface area (Å²) in [4.78, 5) is 27.3. The van der Waals surface area contributed by atoms with E-state index in [0.29, 0.717) is 11.1 Å². The van der Waals surface area contributed by atoms with E-state index in [1.807, 2.05) is 46.0 Å². The fourth-order valence-corrected chi connectivity index (χ4v) is 3.16. The molecule has 3 aromatic rings. The number of fused-ring (bicyclic) bond motifs is 1. The second-order valence-corrected chi connectivity index (χ2v) is 6.00. The quantitative estimate of drug-likeness (QED) is 0.776. The molecule has 24 heavy (non-hydrogen) atoms. The molecule has 1 aromatic carbocycles. The third-order valence-electron chi connectivity index (χ3n) is 4.34. The van der Waals surface area contributed by atoms with Gasteiger partial charge in [0.1, 0.15) is 0 Å². The predicted octanol–water partition coefficient (Wildman–Crippen LogP) is 2.37. The number of aromatic nitrogens is 3. The van der Waals surface area contributed by atoms with E-state index in [0.717, 1.165) is 22.3 Å². The average Bonchev–Trinajstić information content (AvgIpc) is 2.78. The molecule has 0 spiro atoms. The number of H-pyrrole nitrogens is 1. The number of hydrogen-bond acceptors (Lipinski definition) is 3. The molecule has 6 nitrogen and oxygen atoms in total. The Morgan fingerprint density at radius 3 is 2.67 bits per heavy atom. The highest BCUT2D eigenvalue weighted by Crippen LogP contribution is 2.22. The zero-order chi connectivity index (χ0) is 17.4. The maximum absolute atomic E-state index is 12.7. The normalized spacial score (nSPS) is 12.3. The number of amides is 1. The summed E-state index contributed by atoms with van der Waals surface area (Å²) >= 11 is 0. The first-order chi connectivity index (χ1) is 11.4. The van der Waals surface area contributed by atoms with Crippen LogP contribution in [0.5, 0.6) is 0 Å². The summed E-state index contributed by atoms with van der Waals surface area (Å²) in [5.74, 6) is -0.271. The van der Waals surface area contributed by atoms with E-state index in [4.69, 9.17) is 0 Å². The summed E-state index contributed by atoms with van der Waals surface area (Å²) in [6.45, 7) is 5.82. The van der Waals surface area contributed by atoms with Crippen LogP contribution >= 0.6 is 0 Å². The molecule has 1 atom stereocenters. The molecule has 0 radical (unpaired) electrons. The summed E-state index contributed by atoms with van der Waals surface area (Å²) in [7, 11) is 1.88. The number of aryl methyl sites for hydroxylation is 2. The average molecular weight is 324 g/mol. The summed E-state index contributed by atoms with van der Waals surface area (Å²) in [6, 6.07) is 8.41. The molecule has 6 heteroatoms. The second kappa shape index (κ2) is 5.96. The maximum Gasteiger partial charge on any atom is 0.252 e. The number of pyridine rings is 1. The number of nitrogens with one attached hydrogen (secondary N) is 2. The van der Waals surface area contributed by atoms with Gasteiger partial charge in [-0.3, -0.25) is 14.3 Å². The summed E-state index contributed by atoms with van der Waals surface area (Å²) in [5.41, 5.74) is 3.63. The van der Waals surface area contributed by atoms with E-state index in [-0.39, 0.29) is 17.5 Å². The first-order valence-electron chi connectivity index (χ1n) is 7.81. The first kappa shape index (κ1) is 16.0. The topological polar surface area (TPSA) is 79.8 Å². The minimum Gasteiger partial charge on any atom is -0.345 e. The molecule has 0 saturated carbocycles. The highest BCUT2D eigenvalue weighted by Gasteiger charge is 2.20. The molecule has 0 aliphatic heterocycles. The Balaban J connectivity index is 1.97. The largest absolute Gasteiger partial charge is 0.345 e. The minimum absolute atomic E-state index is 0.204. The zero-order valence-electron chi connectivity index (χ0n) is 14.2. The van der Waals surface area contributed by atoms with Gasteiger partial charge in [-0.25, -0.2) is 0 Å². The molecule has 3 rings (SSSR count). The number of nitrogens with zero attached hydrogens (tertiary/aromatic N) is 2. The van der Waals surface area contributed by atoms with Crippen LogP contribution in [0.4, 0.5) is 0 Å². The lowest BCUT2D eigenvalue weighted by Gasteiger charge is -2.15. The molecule has 1 amide bonds. The molecular formula is C18H20N4O2. The Labute approximate surface area is 139 Å². The standard InChI is InChI=1S/C18H20N4O2/c1-10(17-11(2)21-22(4)12(17)3)19-18(24)14-9-16(23)20-15-8-6-5-7-13(14)15/h5-10H,1-4H3,(H,19,24)(H,20,23)/t10-/m1/s1. The van der Waals surface area contributed by atoms with Gasteiger partial charge in [-0.15, -0.1) is 0 Å². The fraction of sp³-hybridized carbons (Fsp3) is 0.278. The molecule has 0 aliphatic rings. The molecule has 2 N–H and O–H groups in total. The number of aromatic amines is 1. The zero-order valence-corrected chi connectivity index (χ0v) is 14.2. The minimum atomic E-state index is -0.291. The lowest BCUT2D eigenvalue weighted by Crippen LogP contribution is -2.28. The van der Waals surface area contributed by atoms with Crippen molar-refractivity contribution < 1.29 is 4.79 Å². The Hall–Kier alpha value is -2.89. The van der Waals surface area contributed by atoms with Crippen LogP contribution in [0.1, 0.15) is 40.3 Å². The van der Waals surface area contributed by atoms with Crippen molar-refractivity contribution in [2.45, 2.75) is 26.8 Å². The van der Waals surface area contributed by atoms with E-state index in [1.54, 1.807) is 10.7 Å². The fourth-order valence-electron chi connectivity index (χ4n) is 3.16. The van der Waals surface area contributed by atoms with Gasteiger partial charge in [0, 0.05) is 35.3 Å². The van der Waals surface area contributed by atoms with E-state index in [9.17, 15) is 9.59 Å². The van der Waals surface area contributed by atoms with Crippen LogP contribution in [0, 0.1) is 13.8 Å². The third-order valence-corrected chi connectivity index (χ3v) is 4.34. The van der Waals surface area contributed by atoms with Crippen LogP contribution in [0.2, 0.25) is 0 Å². The van der Waals surface area contributed by atoms with E-state index >= 15 is 0 Å². The van der Waals surface area contributed by atoms with Crippen LogP contribution < -0.4 is 10.9 Å². The summed E-state index contributed by atoms with van der Waals surface area (Å²) in [6.07, 6.45) is 0. The predicted molar refractivity (Wildman–Crippen MR) is 93.1 cm³/mol. The van der Waals surface area contributed by atoms with Gasteiger partial charge in [0.05, 0.1) is 17.3 Å². The number of para-hydroxylation sites is 1. The van der Waals surface area contributed by atoms with Crippen molar-refractivity contribution in [1.82, 2.24) is 20.1 Å². The molecular weight excluding hydrogens is 304 g/mol. The van der Waals surface area contributed by atoms with E-state index in [2.05, 4.69) is 15.4 Å². The Morgan fingerprint density at radius 2 is 2.00 bits per heavy atom. The van der Waals surface area contributed by atoms with Gasteiger partial charge in [-0.2, -0.15) is 5.10 Å². The molecule has 0 fully saturated rings. The highest BCUT2D eigenvalue weighted by molar-refractivity contribution is 6.06. The molecule has 2 aromatic heterocycles. The third kappa shape index (κ3) is 2.71. The monoisotopic (exact) mass is 324 g/mol. The SMILES string of the molecule is Cc1nn(C)c(C)c1[C@@H](C)NC(=O)c1cc(=O)[nH]c2ccccc12. The molecule has 0 bridgehead atoms. The van der Waals surface area contributed by atoms with E-state index < -0.39 is 0 Å². The van der Waals surface area contributed by atoms with Crippen molar-refractivity contribution in [1.29, 1.82) is 0 Å². The van der Waals surface area contributed by atoms with Gasteiger partial charge in [0.15, 0.2) is 0 Å². The van der Waals surface area contributed by atoms with Crippen LogP contribution in [0.15, 0.2) is 35.1 Å². The molecule has 0 aliphatic carbocycles. The van der Waals surface area contributed by atoms with Gasteiger partial charge in [0.25, 0.3) is 5.91 Å². The van der Waals surface area contributed by atoms with Crippen molar-refractivity contribution >= 4 is 16.8 Å². The van der Waals surface area contributed by atoms with Gasteiger partial charge in [0.2, 0.25) is 5.56 Å². The van der Waals surface area contributed by atoms with Crippen molar-refractivity contribution in [2.24, 2.45) is 7.05 Å². The van der Waals surface area contributed by atoms with Crippen molar-refractivity contribution in [3.05, 3.63) is 63.2 Å². The van der Waals surface area contributed by atoms with Crippen molar-refractivity contribution in [2.75, 3.05) is 0 Å². The first-order valence-corrected chi connectivity index (χ1v) is 7.81. The lowest BCUT2D eigenvalue weighted by molar-refractivity contribution is 0.0941. The van der Waals surface area contributed by atoms with Crippen molar-refractivity contribution in [3.63, 3.8) is 0 Å². The van der Waals surface area contributed by atoms with Crippen LogP contribution in [-0.4, -0.2) is 20.7 Å². The number of rotatable bonds is 3. The van der Waals surface area contributed by atoms with Crippen LogP contribution in [0.25, 0.3) is 10.9 Å². The van der Waals surface area contributed by atoms with Crippen LogP contribution in [-0.2, 0) is 7.05 Å². The summed E-state index contributed by atoms with van der Waals surface area (Å²) in [5, 5.41) is 8.09. The molecule has 0 saturated heterocycles. The molecule has 0 unspecified atom stereocenters. The maximum atomic E-state index is 12.7. The smallest absolute Gasteiger partial charge is 0.252 e. The van der Waals surface area contributed by atoms with Gasteiger partial charge < -0.3 is 10.3 Å². The van der Waals surface area contributed by atoms with E-state index in [1.165, 1.54) is 6.07 Å². The van der Waals surface area contributed by atoms with Crippen molar-refractivity contribution in [3.8, 4) is 0 Å². The van der Waals surface area contributed by atoms with Gasteiger partial charge in [-0.1, -0.05) is 18.2 Å². The lowest BCUT2D eigenvalue weighted by atomic mass is 10.0. The number of carbonyl (C=O) groups excluding carboxylic acids is 1. The number of benzene rings is 1. The Bertz CT molecular complexity index is 984. The number of hydrogen-bond donors (Lipinski definition) is 2. The highest BCUT2D eigenvalue weighted by atomic mass is 16.2. The Kier molecular flexibility index (Phi) is 3.97. The van der Waals surface area contributed by atoms with Crippen LogP contribution in [0.3, 0.4) is 0 Å². The van der Waals surface area contributed by atoms with Gasteiger partial charge in [-0.05, 0) is 26.8 Å². The number of carbonyl (C=O) groups is 1. The van der Waals surface area contributed by atoms with Gasteiger partial charge >= 0.3 is 0 Å². The second-order valence-electron chi connectivity index (χ2n) is 6.00. The summed E-state index contributed by atoms with van der Waals surface area (Å²) < 4.78 is 1.80.